The molecule has 2 aromatic heterocycles. The van der Waals surface area contributed by atoms with Crippen molar-refractivity contribution >= 4 is 28.3 Å². The van der Waals surface area contributed by atoms with Crippen LogP contribution in [0.4, 0.5) is 5.95 Å². The highest BCUT2D eigenvalue weighted by Gasteiger charge is 2.09. The van der Waals surface area contributed by atoms with Crippen LogP contribution in [0.15, 0.2) is 24.4 Å². The van der Waals surface area contributed by atoms with Gasteiger partial charge in [0.1, 0.15) is 0 Å². The summed E-state index contributed by atoms with van der Waals surface area (Å²) in [5, 5.41) is 1.07. The fourth-order valence-electron chi connectivity index (χ4n) is 2.06. The molecule has 2 heterocycles. The highest BCUT2D eigenvalue weighted by Crippen LogP contribution is 2.22. The molecule has 5 heteroatoms. The minimum Gasteiger partial charge on any atom is -0.369 e. The molecule has 0 spiro atoms. The molecule has 0 radical (unpaired) electrons. The summed E-state index contributed by atoms with van der Waals surface area (Å²) >= 11 is 1.69. The largest absolute Gasteiger partial charge is 0.369 e. The average Bonchev–Trinajstić information content (AvgIpc) is 2.84. The molecule has 0 saturated carbocycles. The summed E-state index contributed by atoms with van der Waals surface area (Å²) in [7, 11) is 0. The molecule has 0 atom stereocenters. The predicted octanol–water partition coefficient (Wildman–Crippen LogP) is 2.74. The second kappa shape index (κ2) is 4.10. The SMILES string of the molecule is Cc1ccc2c(c1)nc(N)n2Cc1cnc(C)s1. The van der Waals surface area contributed by atoms with Crippen molar-refractivity contribution in [2.45, 2.75) is 20.4 Å². The predicted molar refractivity (Wildman–Crippen MR) is 74.8 cm³/mol. The number of imidazole rings is 1. The van der Waals surface area contributed by atoms with Gasteiger partial charge in [0.15, 0.2) is 0 Å². The molecule has 0 aliphatic heterocycles. The first-order valence-electron chi connectivity index (χ1n) is 5.77. The van der Waals surface area contributed by atoms with Crippen LogP contribution < -0.4 is 5.73 Å². The van der Waals surface area contributed by atoms with E-state index in [0.29, 0.717) is 5.95 Å². The maximum Gasteiger partial charge on any atom is 0.201 e. The number of nitrogens with two attached hydrogens (primary N) is 1. The number of thiazole rings is 1. The van der Waals surface area contributed by atoms with Crippen LogP contribution in [-0.4, -0.2) is 14.5 Å². The maximum atomic E-state index is 5.99. The van der Waals surface area contributed by atoms with Gasteiger partial charge in [-0.25, -0.2) is 9.97 Å². The van der Waals surface area contributed by atoms with E-state index < -0.39 is 0 Å². The number of anilines is 1. The third kappa shape index (κ3) is 1.86. The zero-order valence-electron chi connectivity index (χ0n) is 10.3. The molecule has 4 nitrogen and oxygen atoms in total. The standard InChI is InChI=1S/C13H14N4S/c1-8-3-4-12-11(5-8)16-13(14)17(12)7-10-6-15-9(2)18-10/h3-6H,7H2,1-2H3,(H2,14,16). The van der Waals surface area contributed by atoms with Crippen LogP contribution in [0.5, 0.6) is 0 Å². The molecule has 0 aliphatic carbocycles. The molecule has 3 rings (SSSR count). The molecular weight excluding hydrogens is 244 g/mol. The summed E-state index contributed by atoms with van der Waals surface area (Å²) in [4.78, 5) is 9.86. The number of benzene rings is 1. The number of aryl methyl sites for hydroxylation is 2. The van der Waals surface area contributed by atoms with Crippen molar-refractivity contribution in [1.29, 1.82) is 0 Å². The molecule has 0 aliphatic rings. The Morgan fingerprint density at radius 2 is 2.17 bits per heavy atom. The van der Waals surface area contributed by atoms with Gasteiger partial charge in [0.25, 0.3) is 0 Å². The Morgan fingerprint density at radius 3 is 2.89 bits per heavy atom. The number of rotatable bonds is 2. The van der Waals surface area contributed by atoms with Crippen LogP contribution in [0.2, 0.25) is 0 Å². The Morgan fingerprint density at radius 1 is 1.33 bits per heavy atom. The Bertz CT molecular complexity index is 711. The first kappa shape index (κ1) is 11.2. The molecule has 18 heavy (non-hydrogen) atoms. The molecule has 0 bridgehead atoms. The third-order valence-corrected chi connectivity index (χ3v) is 3.81. The van der Waals surface area contributed by atoms with Gasteiger partial charge in [-0.15, -0.1) is 11.3 Å². The molecule has 3 aromatic rings. The minimum atomic E-state index is 0.557. The van der Waals surface area contributed by atoms with Gasteiger partial charge in [-0.2, -0.15) is 0 Å². The van der Waals surface area contributed by atoms with E-state index in [0.717, 1.165) is 22.6 Å². The number of fused-ring (bicyclic) bond motifs is 1. The fourth-order valence-corrected chi connectivity index (χ4v) is 2.84. The van der Waals surface area contributed by atoms with Crippen molar-refractivity contribution < 1.29 is 0 Å². The van der Waals surface area contributed by atoms with Gasteiger partial charge in [0.05, 0.1) is 22.6 Å². The van der Waals surface area contributed by atoms with Crippen LogP contribution in [-0.2, 0) is 6.54 Å². The summed E-state index contributed by atoms with van der Waals surface area (Å²) in [5.74, 6) is 0.557. The van der Waals surface area contributed by atoms with E-state index in [1.807, 2.05) is 17.7 Å². The fraction of sp³-hybridized carbons (Fsp3) is 0.231. The molecular formula is C13H14N4S. The third-order valence-electron chi connectivity index (χ3n) is 2.92. The van der Waals surface area contributed by atoms with E-state index in [1.165, 1.54) is 10.4 Å². The van der Waals surface area contributed by atoms with E-state index >= 15 is 0 Å². The monoisotopic (exact) mass is 258 g/mol. The number of aromatic nitrogens is 3. The molecule has 1 aromatic carbocycles. The second-order valence-electron chi connectivity index (χ2n) is 4.39. The van der Waals surface area contributed by atoms with Crippen molar-refractivity contribution in [2.24, 2.45) is 0 Å². The van der Waals surface area contributed by atoms with E-state index in [-0.39, 0.29) is 0 Å². The van der Waals surface area contributed by atoms with Gasteiger partial charge >= 0.3 is 0 Å². The van der Waals surface area contributed by atoms with Crippen molar-refractivity contribution in [3.05, 3.63) is 39.8 Å². The van der Waals surface area contributed by atoms with Gasteiger partial charge < -0.3 is 10.3 Å². The highest BCUT2D eigenvalue weighted by molar-refractivity contribution is 7.11. The Hall–Kier alpha value is -1.88. The lowest BCUT2D eigenvalue weighted by Crippen LogP contribution is -2.03. The van der Waals surface area contributed by atoms with Crippen LogP contribution in [0.1, 0.15) is 15.4 Å². The lowest BCUT2D eigenvalue weighted by molar-refractivity contribution is 0.850. The smallest absolute Gasteiger partial charge is 0.201 e. The molecule has 0 amide bonds. The lowest BCUT2D eigenvalue weighted by atomic mass is 10.2. The van der Waals surface area contributed by atoms with Crippen LogP contribution in [0.3, 0.4) is 0 Å². The van der Waals surface area contributed by atoms with Gasteiger partial charge in [0.2, 0.25) is 5.95 Å². The van der Waals surface area contributed by atoms with Crippen LogP contribution in [0.25, 0.3) is 11.0 Å². The summed E-state index contributed by atoms with van der Waals surface area (Å²) in [6.07, 6.45) is 1.90. The number of nitrogens with zero attached hydrogens (tertiary/aromatic N) is 3. The highest BCUT2D eigenvalue weighted by atomic mass is 32.1. The van der Waals surface area contributed by atoms with E-state index in [1.54, 1.807) is 11.3 Å². The summed E-state index contributed by atoms with van der Waals surface area (Å²) in [6, 6.07) is 6.21. The summed E-state index contributed by atoms with van der Waals surface area (Å²) in [6.45, 7) is 4.80. The quantitative estimate of drug-likeness (QED) is 0.769. The number of hydrogen-bond donors (Lipinski definition) is 1. The zero-order valence-corrected chi connectivity index (χ0v) is 11.2. The van der Waals surface area contributed by atoms with Crippen molar-refractivity contribution in [2.75, 3.05) is 5.73 Å². The normalized spacial score (nSPS) is 11.2. The Labute approximate surface area is 109 Å². The van der Waals surface area contributed by atoms with E-state index in [4.69, 9.17) is 5.73 Å². The molecule has 0 saturated heterocycles. The first-order chi connectivity index (χ1) is 8.63. The zero-order chi connectivity index (χ0) is 12.7. The number of nitrogen functional groups attached to an aromatic ring is 1. The van der Waals surface area contributed by atoms with Crippen molar-refractivity contribution in [3.63, 3.8) is 0 Å². The lowest BCUT2D eigenvalue weighted by Gasteiger charge is -2.03. The summed E-state index contributed by atoms with van der Waals surface area (Å²) < 4.78 is 2.03. The molecule has 92 valence electrons. The second-order valence-corrected chi connectivity index (χ2v) is 5.71. The Kier molecular flexibility index (Phi) is 2.56. The van der Waals surface area contributed by atoms with Crippen molar-refractivity contribution in [3.8, 4) is 0 Å². The van der Waals surface area contributed by atoms with Gasteiger partial charge in [-0.1, -0.05) is 6.07 Å². The minimum absolute atomic E-state index is 0.557. The average molecular weight is 258 g/mol. The summed E-state index contributed by atoms with van der Waals surface area (Å²) in [5.41, 5.74) is 9.22. The van der Waals surface area contributed by atoms with Crippen LogP contribution in [0, 0.1) is 13.8 Å². The van der Waals surface area contributed by atoms with Crippen LogP contribution >= 0.6 is 11.3 Å². The molecule has 0 unspecified atom stereocenters. The van der Waals surface area contributed by atoms with Gasteiger partial charge in [-0.3, -0.25) is 0 Å². The topological polar surface area (TPSA) is 56.7 Å². The van der Waals surface area contributed by atoms with E-state index in [2.05, 4.69) is 35.1 Å². The van der Waals surface area contributed by atoms with Gasteiger partial charge in [-0.05, 0) is 31.5 Å². The molecule has 0 fully saturated rings. The Balaban J connectivity index is 2.08. The van der Waals surface area contributed by atoms with Gasteiger partial charge in [0, 0.05) is 11.1 Å². The van der Waals surface area contributed by atoms with E-state index in [9.17, 15) is 0 Å². The maximum absolute atomic E-state index is 5.99. The first-order valence-corrected chi connectivity index (χ1v) is 6.59. The number of hydrogen-bond acceptors (Lipinski definition) is 4. The van der Waals surface area contributed by atoms with Crippen molar-refractivity contribution in [1.82, 2.24) is 14.5 Å². The molecule has 2 N–H and O–H groups in total.